The summed E-state index contributed by atoms with van der Waals surface area (Å²) in [6.07, 6.45) is -2.56. The Morgan fingerprint density at radius 2 is 1.70 bits per heavy atom. The summed E-state index contributed by atoms with van der Waals surface area (Å²) in [5.74, 6) is 5.37. The van der Waals surface area contributed by atoms with Gasteiger partial charge in [0.25, 0.3) is 0 Å². The Kier molecular flexibility index (Phi) is 7.26. The molecular weight excluding hydrogens is 515 g/mol. The van der Waals surface area contributed by atoms with Gasteiger partial charge in [0, 0.05) is 17.1 Å². The lowest BCUT2D eigenvalue weighted by atomic mass is 9.91. The van der Waals surface area contributed by atoms with E-state index in [4.69, 9.17) is 4.74 Å². The molecule has 1 heterocycles. The van der Waals surface area contributed by atoms with Crippen LogP contribution >= 0.6 is 0 Å². The van der Waals surface area contributed by atoms with Crippen LogP contribution in [0.2, 0.25) is 0 Å². The molecule has 0 atom stereocenters. The number of aromatic nitrogens is 1. The Hall–Kier alpha value is -5.09. The van der Waals surface area contributed by atoms with Crippen molar-refractivity contribution in [2.45, 2.75) is 12.6 Å². The number of rotatable bonds is 5. The monoisotopic (exact) mass is 537 g/mol. The molecule has 4 nitrogen and oxygen atoms in total. The van der Waals surface area contributed by atoms with Crippen LogP contribution in [-0.2, 0) is 12.6 Å². The zero-order valence-corrected chi connectivity index (χ0v) is 21.3. The van der Waals surface area contributed by atoms with E-state index < -0.39 is 17.7 Å². The number of hydrogen-bond donors (Lipinski definition) is 1. The second-order valence-corrected chi connectivity index (χ2v) is 9.07. The minimum Gasteiger partial charge on any atom is -0.495 e. The first-order valence-corrected chi connectivity index (χ1v) is 12.3. The van der Waals surface area contributed by atoms with Gasteiger partial charge >= 0.3 is 12.1 Å². The van der Waals surface area contributed by atoms with Crippen LogP contribution in [0, 0.1) is 11.8 Å². The first kappa shape index (κ1) is 26.5. The number of fused-ring (bicyclic) bond motifs is 1. The van der Waals surface area contributed by atoms with Gasteiger partial charge in [-0.1, -0.05) is 66.4 Å². The van der Waals surface area contributed by atoms with Gasteiger partial charge in [0.15, 0.2) is 0 Å². The molecule has 1 aromatic heterocycles. The number of halogens is 3. The van der Waals surface area contributed by atoms with E-state index in [1.807, 2.05) is 42.5 Å². The Bertz CT molecular complexity index is 1780. The first-order valence-electron chi connectivity index (χ1n) is 12.3. The topological polar surface area (TPSA) is 59.4 Å². The molecule has 0 bridgehead atoms. The molecule has 0 saturated carbocycles. The lowest BCUT2D eigenvalue weighted by molar-refractivity contribution is -0.136. The van der Waals surface area contributed by atoms with Crippen LogP contribution in [0.3, 0.4) is 0 Å². The molecule has 0 unspecified atom stereocenters. The smallest absolute Gasteiger partial charge is 0.418 e. The summed E-state index contributed by atoms with van der Waals surface area (Å²) < 4.78 is 46.9. The van der Waals surface area contributed by atoms with Gasteiger partial charge in [-0.25, -0.2) is 4.79 Å². The summed E-state index contributed by atoms with van der Waals surface area (Å²) in [4.78, 5) is 15.7. The van der Waals surface area contributed by atoms with Crippen molar-refractivity contribution in [3.63, 3.8) is 0 Å². The molecule has 0 amide bonds. The number of para-hydroxylation sites is 1. The fourth-order valence-electron chi connectivity index (χ4n) is 4.61. The lowest BCUT2D eigenvalue weighted by Crippen LogP contribution is -2.07. The van der Waals surface area contributed by atoms with E-state index in [2.05, 4.69) is 16.8 Å². The highest BCUT2D eigenvalue weighted by Crippen LogP contribution is 2.39. The molecule has 0 fully saturated rings. The maximum absolute atomic E-state index is 13.9. The van der Waals surface area contributed by atoms with Crippen molar-refractivity contribution in [2.75, 3.05) is 7.11 Å². The standard InChI is InChI=1S/C33H22F3NO3/c1-40-29-16-15-25(32(38)39)19-23(29)14-13-22-9-5-10-24(17-22)30-26(18-21-7-3-2-4-8-21)20-37-31-27(30)11-6-12-28(31)33(34,35)36/h2-12,15-17,19-20H,18H2,1H3,(H,38,39). The second kappa shape index (κ2) is 11.0. The van der Waals surface area contributed by atoms with Crippen LogP contribution in [0.15, 0.2) is 97.2 Å². The highest BCUT2D eigenvalue weighted by molar-refractivity contribution is 5.98. The number of benzene rings is 4. The Morgan fingerprint density at radius 3 is 2.42 bits per heavy atom. The zero-order chi connectivity index (χ0) is 28.3. The van der Waals surface area contributed by atoms with E-state index in [9.17, 15) is 23.1 Å². The average Bonchev–Trinajstić information content (AvgIpc) is 2.95. The Balaban J connectivity index is 1.66. The molecule has 0 spiro atoms. The molecule has 0 saturated heterocycles. The predicted molar refractivity (Wildman–Crippen MR) is 147 cm³/mol. The third kappa shape index (κ3) is 5.52. The van der Waals surface area contributed by atoms with Crippen LogP contribution in [0.1, 0.15) is 38.2 Å². The number of carbonyl (C=O) groups is 1. The van der Waals surface area contributed by atoms with Gasteiger partial charge < -0.3 is 9.84 Å². The summed E-state index contributed by atoms with van der Waals surface area (Å²) in [6.45, 7) is 0. The van der Waals surface area contributed by atoms with E-state index in [0.29, 0.717) is 39.8 Å². The van der Waals surface area contributed by atoms with Crippen LogP contribution in [0.4, 0.5) is 13.2 Å². The fraction of sp³-hybridized carbons (Fsp3) is 0.0909. The van der Waals surface area contributed by atoms with E-state index in [1.54, 1.807) is 24.3 Å². The molecule has 7 heteroatoms. The van der Waals surface area contributed by atoms with Crippen LogP contribution in [-0.4, -0.2) is 23.2 Å². The lowest BCUT2D eigenvalue weighted by Gasteiger charge is -2.16. The summed E-state index contributed by atoms with van der Waals surface area (Å²) in [5.41, 5.74) is 3.28. The molecular formula is C33H22F3NO3. The summed E-state index contributed by atoms with van der Waals surface area (Å²) in [5, 5.41) is 9.74. The van der Waals surface area contributed by atoms with Crippen molar-refractivity contribution in [3.05, 3.63) is 131 Å². The minimum absolute atomic E-state index is 0.0770. The van der Waals surface area contributed by atoms with E-state index >= 15 is 0 Å². The van der Waals surface area contributed by atoms with E-state index in [-0.39, 0.29) is 11.1 Å². The number of alkyl halides is 3. The number of aromatic carboxylic acids is 1. The first-order chi connectivity index (χ1) is 19.2. The van der Waals surface area contributed by atoms with Crippen molar-refractivity contribution in [3.8, 4) is 28.7 Å². The molecule has 1 N–H and O–H groups in total. The van der Waals surface area contributed by atoms with Gasteiger partial charge in [-0.15, -0.1) is 0 Å². The summed E-state index contributed by atoms with van der Waals surface area (Å²) >= 11 is 0. The second-order valence-electron chi connectivity index (χ2n) is 9.07. The molecule has 0 radical (unpaired) electrons. The van der Waals surface area contributed by atoms with Gasteiger partial charge in [0.1, 0.15) is 5.75 Å². The van der Waals surface area contributed by atoms with Gasteiger partial charge in [-0.2, -0.15) is 13.2 Å². The van der Waals surface area contributed by atoms with Gasteiger partial charge in [-0.05, 0) is 65.1 Å². The van der Waals surface area contributed by atoms with Crippen molar-refractivity contribution in [2.24, 2.45) is 0 Å². The maximum Gasteiger partial charge on any atom is 0.418 e. The number of methoxy groups -OCH3 is 1. The van der Waals surface area contributed by atoms with E-state index in [0.717, 1.165) is 17.2 Å². The molecule has 0 aliphatic heterocycles. The number of hydrogen-bond acceptors (Lipinski definition) is 3. The fourth-order valence-corrected chi connectivity index (χ4v) is 4.61. The third-order valence-electron chi connectivity index (χ3n) is 6.46. The number of nitrogens with zero attached hydrogens (tertiary/aromatic N) is 1. The van der Waals surface area contributed by atoms with Crippen LogP contribution in [0.5, 0.6) is 5.75 Å². The molecule has 5 aromatic rings. The van der Waals surface area contributed by atoms with Crippen molar-refractivity contribution < 1.29 is 27.8 Å². The van der Waals surface area contributed by atoms with Gasteiger partial charge in [0.2, 0.25) is 0 Å². The molecule has 0 aliphatic carbocycles. The third-order valence-corrected chi connectivity index (χ3v) is 6.46. The average molecular weight is 538 g/mol. The van der Waals surface area contributed by atoms with Crippen molar-refractivity contribution in [1.29, 1.82) is 0 Å². The molecule has 198 valence electrons. The van der Waals surface area contributed by atoms with Crippen molar-refractivity contribution >= 4 is 16.9 Å². The van der Waals surface area contributed by atoms with Crippen LogP contribution in [0.25, 0.3) is 22.0 Å². The highest BCUT2D eigenvalue weighted by atomic mass is 19.4. The quantitative estimate of drug-likeness (QED) is 0.234. The SMILES string of the molecule is COc1ccc(C(=O)O)cc1C#Cc1cccc(-c2c(Cc3ccccc3)cnc3c(C(F)(F)F)cccc23)c1. The minimum atomic E-state index is -4.55. The maximum atomic E-state index is 13.9. The normalized spacial score (nSPS) is 11.1. The molecule has 5 rings (SSSR count). The van der Waals surface area contributed by atoms with E-state index in [1.165, 1.54) is 31.5 Å². The summed E-state index contributed by atoms with van der Waals surface area (Å²) in [7, 11) is 1.47. The van der Waals surface area contributed by atoms with Gasteiger partial charge in [0.05, 0.1) is 29.3 Å². The number of carboxylic acid groups (broad SMARTS) is 1. The molecule has 0 aliphatic rings. The predicted octanol–water partition coefficient (Wildman–Crippen LogP) is 7.62. The number of ether oxygens (including phenoxy) is 1. The van der Waals surface area contributed by atoms with Crippen molar-refractivity contribution in [1.82, 2.24) is 4.98 Å². The summed E-state index contributed by atoms with van der Waals surface area (Å²) in [6, 6.07) is 25.4. The number of pyridine rings is 1. The van der Waals surface area contributed by atoms with Crippen LogP contribution < -0.4 is 4.74 Å². The Morgan fingerprint density at radius 1 is 0.925 bits per heavy atom. The molecule has 4 aromatic carbocycles. The highest BCUT2D eigenvalue weighted by Gasteiger charge is 2.33. The Labute approximate surface area is 228 Å². The number of carboxylic acids is 1. The van der Waals surface area contributed by atoms with Gasteiger partial charge in [-0.3, -0.25) is 4.98 Å². The zero-order valence-electron chi connectivity index (χ0n) is 21.3. The molecule has 40 heavy (non-hydrogen) atoms. The largest absolute Gasteiger partial charge is 0.495 e.